The molecule has 0 fully saturated rings. The predicted molar refractivity (Wildman–Crippen MR) is 79.7 cm³/mol. The summed E-state index contributed by atoms with van der Waals surface area (Å²) in [5.41, 5.74) is 2.27. The van der Waals surface area contributed by atoms with Crippen molar-refractivity contribution in [3.8, 4) is 0 Å². The molecule has 0 saturated heterocycles. The number of rotatable bonds is 7. The fourth-order valence-electron chi connectivity index (χ4n) is 1.76. The number of nitrogens with zero attached hydrogens (tertiary/aromatic N) is 2. The molecule has 0 radical (unpaired) electrons. The van der Waals surface area contributed by atoms with Crippen LogP contribution in [0.25, 0.3) is 0 Å². The van der Waals surface area contributed by atoms with E-state index in [9.17, 15) is 0 Å². The van der Waals surface area contributed by atoms with Gasteiger partial charge in [0.15, 0.2) is 0 Å². The van der Waals surface area contributed by atoms with Gasteiger partial charge in [-0.15, -0.1) is 24.0 Å². The monoisotopic (exact) mass is 300 g/mol. The van der Waals surface area contributed by atoms with Crippen molar-refractivity contribution in [2.45, 2.75) is 25.5 Å². The number of alkyl halides is 1. The van der Waals surface area contributed by atoms with Gasteiger partial charge < -0.3 is 9.30 Å². The van der Waals surface area contributed by atoms with Crippen LogP contribution in [0, 0.1) is 0 Å². The van der Waals surface area contributed by atoms with E-state index in [-0.39, 0.29) is 12.4 Å². The highest BCUT2D eigenvalue weighted by molar-refractivity contribution is 6.16. The van der Waals surface area contributed by atoms with Crippen LogP contribution in [0.3, 0.4) is 0 Å². The number of aromatic nitrogens is 2. The van der Waals surface area contributed by atoms with Crippen LogP contribution in [0.1, 0.15) is 17.7 Å². The standard InChI is InChI=1S/C14H17ClN2O.ClH/c15-9-14-10-16-12-17(14)7-4-8-18-11-13-5-2-1-3-6-13;/h1-3,5-6,10,12H,4,7-9,11H2;1H. The van der Waals surface area contributed by atoms with Crippen molar-refractivity contribution in [2.24, 2.45) is 0 Å². The largest absolute Gasteiger partial charge is 0.377 e. The number of ether oxygens (including phenoxy) is 1. The predicted octanol–water partition coefficient (Wildman–Crippen LogP) is 3.65. The zero-order chi connectivity index (χ0) is 12.6. The molecule has 0 aliphatic carbocycles. The van der Waals surface area contributed by atoms with E-state index in [2.05, 4.69) is 21.7 Å². The maximum Gasteiger partial charge on any atom is 0.0948 e. The lowest BCUT2D eigenvalue weighted by Crippen LogP contribution is -2.04. The quantitative estimate of drug-likeness (QED) is 0.576. The van der Waals surface area contributed by atoms with Crippen LogP contribution in [0.4, 0.5) is 0 Å². The van der Waals surface area contributed by atoms with E-state index in [1.165, 1.54) is 5.56 Å². The minimum absolute atomic E-state index is 0. The number of halogens is 2. The number of imidazole rings is 1. The van der Waals surface area contributed by atoms with Gasteiger partial charge in [0.2, 0.25) is 0 Å². The van der Waals surface area contributed by atoms with E-state index in [4.69, 9.17) is 16.3 Å². The van der Waals surface area contributed by atoms with Gasteiger partial charge >= 0.3 is 0 Å². The molecule has 5 heteroatoms. The molecule has 104 valence electrons. The van der Waals surface area contributed by atoms with Crippen LogP contribution >= 0.6 is 24.0 Å². The highest BCUT2D eigenvalue weighted by Crippen LogP contribution is 2.05. The van der Waals surface area contributed by atoms with Gasteiger partial charge in [0.25, 0.3) is 0 Å². The molecular formula is C14H18Cl2N2O. The van der Waals surface area contributed by atoms with Crippen molar-refractivity contribution >= 4 is 24.0 Å². The van der Waals surface area contributed by atoms with Gasteiger partial charge in [-0.05, 0) is 12.0 Å². The Kier molecular flexibility index (Phi) is 7.56. The second kappa shape index (κ2) is 8.97. The summed E-state index contributed by atoms with van der Waals surface area (Å²) in [4.78, 5) is 4.08. The van der Waals surface area contributed by atoms with Crippen LogP contribution in [-0.4, -0.2) is 16.2 Å². The zero-order valence-electron chi connectivity index (χ0n) is 10.7. The summed E-state index contributed by atoms with van der Waals surface area (Å²) >= 11 is 5.80. The molecule has 0 atom stereocenters. The summed E-state index contributed by atoms with van der Waals surface area (Å²) < 4.78 is 7.69. The van der Waals surface area contributed by atoms with Gasteiger partial charge in [-0.1, -0.05) is 30.3 Å². The van der Waals surface area contributed by atoms with Gasteiger partial charge in [0.1, 0.15) is 0 Å². The molecule has 1 aromatic carbocycles. The van der Waals surface area contributed by atoms with Crippen LogP contribution in [0.5, 0.6) is 0 Å². The minimum atomic E-state index is 0. The van der Waals surface area contributed by atoms with Crippen molar-refractivity contribution < 1.29 is 4.74 Å². The van der Waals surface area contributed by atoms with E-state index in [1.807, 2.05) is 24.5 Å². The Labute approximate surface area is 125 Å². The molecule has 3 nitrogen and oxygen atoms in total. The van der Waals surface area contributed by atoms with Crippen molar-refractivity contribution in [3.63, 3.8) is 0 Å². The third-order valence-electron chi connectivity index (χ3n) is 2.73. The average molecular weight is 301 g/mol. The summed E-state index contributed by atoms with van der Waals surface area (Å²) in [5, 5.41) is 0. The Bertz CT molecular complexity index is 459. The molecule has 0 aliphatic rings. The molecule has 0 unspecified atom stereocenters. The van der Waals surface area contributed by atoms with E-state index < -0.39 is 0 Å². The van der Waals surface area contributed by atoms with Gasteiger partial charge in [0, 0.05) is 19.3 Å². The first-order valence-electron chi connectivity index (χ1n) is 6.07. The Hall–Kier alpha value is -1.03. The third kappa shape index (κ3) is 5.23. The van der Waals surface area contributed by atoms with Gasteiger partial charge in [-0.2, -0.15) is 0 Å². The lowest BCUT2D eigenvalue weighted by Gasteiger charge is -2.07. The number of hydrogen-bond acceptors (Lipinski definition) is 2. The van der Waals surface area contributed by atoms with Crippen LogP contribution in [-0.2, 0) is 23.8 Å². The second-order valence-corrected chi connectivity index (χ2v) is 4.37. The summed E-state index contributed by atoms with van der Waals surface area (Å²) in [7, 11) is 0. The highest BCUT2D eigenvalue weighted by Gasteiger charge is 1.99. The topological polar surface area (TPSA) is 27.1 Å². The first kappa shape index (κ1) is 16.0. The molecule has 0 bridgehead atoms. The Morgan fingerprint density at radius 1 is 1.21 bits per heavy atom. The summed E-state index contributed by atoms with van der Waals surface area (Å²) in [6, 6.07) is 10.2. The Morgan fingerprint density at radius 2 is 2.00 bits per heavy atom. The van der Waals surface area contributed by atoms with Crippen LogP contribution in [0.15, 0.2) is 42.9 Å². The van der Waals surface area contributed by atoms with Crippen molar-refractivity contribution in [2.75, 3.05) is 6.61 Å². The van der Waals surface area contributed by atoms with Crippen LogP contribution in [0.2, 0.25) is 0 Å². The fraction of sp³-hybridized carbons (Fsp3) is 0.357. The van der Waals surface area contributed by atoms with Crippen molar-refractivity contribution in [3.05, 3.63) is 54.1 Å². The van der Waals surface area contributed by atoms with Gasteiger partial charge in [0.05, 0.1) is 24.5 Å². The van der Waals surface area contributed by atoms with Gasteiger partial charge in [-0.25, -0.2) is 4.98 Å². The number of hydrogen-bond donors (Lipinski definition) is 0. The fourth-order valence-corrected chi connectivity index (χ4v) is 1.98. The molecule has 0 saturated carbocycles. The lowest BCUT2D eigenvalue weighted by atomic mass is 10.2. The van der Waals surface area contributed by atoms with E-state index in [1.54, 1.807) is 6.20 Å². The van der Waals surface area contributed by atoms with E-state index >= 15 is 0 Å². The molecule has 0 spiro atoms. The second-order valence-electron chi connectivity index (χ2n) is 4.10. The average Bonchev–Trinajstić information content (AvgIpc) is 2.87. The summed E-state index contributed by atoms with van der Waals surface area (Å²) in [6.07, 6.45) is 4.58. The lowest BCUT2D eigenvalue weighted by molar-refractivity contribution is 0.115. The maximum absolute atomic E-state index is 5.80. The molecule has 1 aromatic heterocycles. The minimum Gasteiger partial charge on any atom is -0.377 e. The molecule has 0 amide bonds. The molecular weight excluding hydrogens is 283 g/mol. The molecule has 2 rings (SSSR count). The number of benzene rings is 1. The Balaban J connectivity index is 0.00000180. The summed E-state index contributed by atoms with van der Waals surface area (Å²) in [5.74, 6) is 0.505. The molecule has 0 N–H and O–H groups in total. The smallest absolute Gasteiger partial charge is 0.0948 e. The first-order chi connectivity index (χ1) is 8.90. The Morgan fingerprint density at radius 3 is 2.74 bits per heavy atom. The van der Waals surface area contributed by atoms with Crippen molar-refractivity contribution in [1.29, 1.82) is 0 Å². The zero-order valence-corrected chi connectivity index (χ0v) is 12.2. The van der Waals surface area contributed by atoms with Crippen LogP contribution < -0.4 is 0 Å². The van der Waals surface area contributed by atoms with E-state index in [0.29, 0.717) is 12.5 Å². The summed E-state index contributed by atoms with van der Waals surface area (Å²) in [6.45, 7) is 2.32. The molecule has 19 heavy (non-hydrogen) atoms. The van der Waals surface area contributed by atoms with Crippen molar-refractivity contribution in [1.82, 2.24) is 9.55 Å². The van der Waals surface area contributed by atoms with Gasteiger partial charge in [-0.3, -0.25) is 0 Å². The number of aryl methyl sites for hydroxylation is 1. The van der Waals surface area contributed by atoms with E-state index in [0.717, 1.165) is 25.3 Å². The normalized spacial score (nSPS) is 10.2. The SMILES string of the molecule is Cl.ClCc1cncn1CCCOCc1ccccc1. The molecule has 1 heterocycles. The first-order valence-corrected chi connectivity index (χ1v) is 6.60. The highest BCUT2D eigenvalue weighted by atomic mass is 35.5. The molecule has 2 aromatic rings. The molecule has 0 aliphatic heterocycles. The maximum atomic E-state index is 5.80. The third-order valence-corrected chi connectivity index (χ3v) is 3.01.